The second-order valence-corrected chi connectivity index (χ2v) is 11.9. The molecule has 0 fully saturated rings. The van der Waals surface area contributed by atoms with Crippen molar-refractivity contribution in [2.24, 2.45) is 0 Å². The summed E-state index contributed by atoms with van der Waals surface area (Å²) in [5.74, 6) is 1.50. The van der Waals surface area contributed by atoms with E-state index in [1.165, 1.54) is 0 Å². The van der Waals surface area contributed by atoms with Gasteiger partial charge < -0.3 is 23.5 Å². The Balaban J connectivity index is 1.31. The second kappa shape index (κ2) is 14.3. The molecular weight excluding hydrogens is 555 g/mol. The molecule has 0 atom stereocenters. The molecule has 6 aromatic rings. The van der Waals surface area contributed by atoms with Crippen LogP contribution in [0.3, 0.4) is 0 Å². The summed E-state index contributed by atoms with van der Waals surface area (Å²) in [7, 11) is 0.410. The van der Waals surface area contributed by atoms with Crippen molar-refractivity contribution >= 4 is 40.3 Å². The van der Waals surface area contributed by atoms with Crippen molar-refractivity contribution in [3.8, 4) is 11.5 Å². The smallest absolute Gasteiger partial charge is 0.189 e. The summed E-state index contributed by atoms with van der Waals surface area (Å²) in [5, 5.41) is 6.07. The average Bonchev–Trinajstić information content (AvgIpc) is 3.07. The van der Waals surface area contributed by atoms with Crippen LogP contribution >= 0.6 is 8.15 Å². The van der Waals surface area contributed by atoms with Crippen LogP contribution in [0.4, 0.5) is 0 Å². The lowest BCUT2D eigenvalue weighted by Gasteiger charge is -2.24. The number of fused-ring (bicyclic) bond motifs is 2. The minimum Gasteiger partial charge on any atom is -0.466 e. The molecule has 6 heteroatoms. The molecule has 0 saturated heterocycles. The molecule has 5 nitrogen and oxygen atoms in total. The van der Waals surface area contributed by atoms with E-state index in [9.17, 15) is 0 Å². The lowest BCUT2D eigenvalue weighted by molar-refractivity contribution is 0.00641. The molecule has 0 aliphatic heterocycles. The van der Waals surface area contributed by atoms with Crippen LogP contribution in [0.1, 0.15) is 11.1 Å². The normalized spacial score (nSPS) is 11.3. The van der Waals surface area contributed by atoms with E-state index in [1.807, 2.05) is 84.9 Å². The monoisotopic (exact) mass is 588 g/mol. The van der Waals surface area contributed by atoms with Crippen molar-refractivity contribution in [3.63, 3.8) is 0 Å². The SMILES string of the molecule is COP(c1ccc2ccccc2c1OCOCc1ccccc1)c1ccc2ccccc2c1OCOCc1ccccc1. The zero-order valence-corrected chi connectivity index (χ0v) is 24.9. The van der Waals surface area contributed by atoms with E-state index >= 15 is 0 Å². The lowest BCUT2D eigenvalue weighted by atomic mass is 10.1. The molecular formula is C37H33O5P. The zero-order chi connectivity index (χ0) is 29.3. The molecule has 0 aliphatic carbocycles. The Labute approximate surface area is 253 Å². The molecule has 0 bridgehead atoms. The van der Waals surface area contributed by atoms with Crippen molar-refractivity contribution < 1.29 is 23.5 Å². The molecule has 0 saturated carbocycles. The summed E-state index contributed by atoms with van der Waals surface area (Å²) in [4.78, 5) is 0. The summed E-state index contributed by atoms with van der Waals surface area (Å²) in [6.07, 6.45) is 0. The molecule has 0 aliphatic rings. The number of hydrogen-bond donors (Lipinski definition) is 0. The van der Waals surface area contributed by atoms with Gasteiger partial charge in [-0.15, -0.1) is 0 Å². The number of rotatable bonds is 13. The highest BCUT2D eigenvalue weighted by Gasteiger charge is 2.25. The maximum Gasteiger partial charge on any atom is 0.189 e. The Bertz CT molecular complexity index is 1640. The third-order valence-corrected chi connectivity index (χ3v) is 9.08. The first-order valence-electron chi connectivity index (χ1n) is 14.2. The summed E-state index contributed by atoms with van der Waals surface area (Å²) in [6, 6.07) is 45.0. The van der Waals surface area contributed by atoms with E-state index in [4.69, 9.17) is 23.5 Å². The number of hydrogen-bond acceptors (Lipinski definition) is 5. The first-order chi connectivity index (χ1) is 21.3. The summed E-state index contributed by atoms with van der Waals surface area (Å²) in [6.45, 7) is 1.14. The van der Waals surface area contributed by atoms with Gasteiger partial charge in [0.2, 0.25) is 0 Å². The van der Waals surface area contributed by atoms with Gasteiger partial charge in [-0.25, -0.2) is 0 Å². The first-order valence-corrected chi connectivity index (χ1v) is 15.4. The molecule has 0 aromatic heterocycles. The summed E-state index contributed by atoms with van der Waals surface area (Å²) >= 11 is 0. The van der Waals surface area contributed by atoms with Crippen LogP contribution in [0.15, 0.2) is 133 Å². The number of ether oxygens (including phenoxy) is 4. The fourth-order valence-corrected chi connectivity index (χ4v) is 6.89. The Kier molecular flexibility index (Phi) is 9.58. The van der Waals surface area contributed by atoms with Gasteiger partial charge in [0.25, 0.3) is 0 Å². The highest BCUT2D eigenvalue weighted by Crippen LogP contribution is 2.44. The fraction of sp³-hybridized carbons (Fsp3) is 0.135. The van der Waals surface area contributed by atoms with Gasteiger partial charge in [0.05, 0.1) is 21.4 Å². The molecule has 216 valence electrons. The largest absolute Gasteiger partial charge is 0.466 e. The van der Waals surface area contributed by atoms with Gasteiger partial charge in [0.1, 0.15) is 11.5 Å². The van der Waals surface area contributed by atoms with Gasteiger partial charge in [0.15, 0.2) is 13.6 Å². The maximum atomic E-state index is 6.40. The van der Waals surface area contributed by atoms with E-state index in [0.717, 1.165) is 54.8 Å². The van der Waals surface area contributed by atoms with E-state index in [0.29, 0.717) is 13.2 Å². The maximum absolute atomic E-state index is 6.40. The van der Waals surface area contributed by atoms with Crippen LogP contribution in [0.25, 0.3) is 21.5 Å². The molecule has 0 radical (unpaired) electrons. The van der Waals surface area contributed by atoms with Crippen LogP contribution in [0.2, 0.25) is 0 Å². The quantitative estimate of drug-likeness (QED) is 0.0775. The average molecular weight is 589 g/mol. The predicted octanol–water partition coefficient (Wildman–Crippen LogP) is 8.09. The van der Waals surface area contributed by atoms with Gasteiger partial charge in [-0.2, -0.15) is 0 Å². The fourth-order valence-electron chi connectivity index (χ4n) is 5.08. The Hall–Kier alpha value is -4.25. The summed E-state index contributed by atoms with van der Waals surface area (Å²) < 4.78 is 30.9. The molecule has 43 heavy (non-hydrogen) atoms. The Morgan fingerprint density at radius 2 is 0.884 bits per heavy atom. The molecule has 0 heterocycles. The van der Waals surface area contributed by atoms with Crippen molar-refractivity contribution in [3.05, 3.63) is 145 Å². The lowest BCUT2D eigenvalue weighted by Crippen LogP contribution is -2.20. The van der Waals surface area contributed by atoms with Crippen LogP contribution in [-0.4, -0.2) is 20.7 Å². The van der Waals surface area contributed by atoms with E-state index in [2.05, 4.69) is 48.5 Å². The molecule has 0 spiro atoms. The van der Waals surface area contributed by atoms with E-state index < -0.39 is 8.15 Å². The van der Waals surface area contributed by atoms with Crippen LogP contribution < -0.4 is 20.1 Å². The molecule has 0 amide bonds. The molecule has 0 N–H and O–H groups in total. The van der Waals surface area contributed by atoms with Crippen LogP contribution in [0.5, 0.6) is 11.5 Å². The zero-order valence-electron chi connectivity index (χ0n) is 24.0. The van der Waals surface area contributed by atoms with Gasteiger partial charge in [0, 0.05) is 28.5 Å². The topological polar surface area (TPSA) is 46.2 Å². The van der Waals surface area contributed by atoms with Crippen LogP contribution in [0, 0.1) is 0 Å². The van der Waals surface area contributed by atoms with Gasteiger partial charge in [-0.1, -0.05) is 121 Å². The first kappa shape index (κ1) is 28.9. The molecule has 6 aromatic carbocycles. The van der Waals surface area contributed by atoms with Crippen LogP contribution in [-0.2, 0) is 27.2 Å². The van der Waals surface area contributed by atoms with E-state index in [-0.39, 0.29) is 13.6 Å². The minimum absolute atomic E-state index is 0.108. The number of benzene rings is 6. The van der Waals surface area contributed by atoms with E-state index in [1.54, 1.807) is 7.11 Å². The summed E-state index contributed by atoms with van der Waals surface area (Å²) in [5.41, 5.74) is 2.19. The highest BCUT2D eigenvalue weighted by atomic mass is 31.1. The van der Waals surface area contributed by atoms with Crippen molar-refractivity contribution in [1.82, 2.24) is 0 Å². The second-order valence-electron chi connectivity index (χ2n) is 9.94. The highest BCUT2D eigenvalue weighted by molar-refractivity contribution is 7.69. The van der Waals surface area contributed by atoms with Gasteiger partial charge in [-0.3, -0.25) is 0 Å². The third-order valence-electron chi connectivity index (χ3n) is 7.13. The van der Waals surface area contributed by atoms with Gasteiger partial charge >= 0.3 is 0 Å². The molecule has 0 unspecified atom stereocenters. The molecule has 6 rings (SSSR count). The Morgan fingerprint density at radius 3 is 1.33 bits per heavy atom. The predicted molar refractivity (Wildman–Crippen MR) is 175 cm³/mol. The van der Waals surface area contributed by atoms with Gasteiger partial charge in [-0.05, 0) is 34.0 Å². The third kappa shape index (κ3) is 6.88. The van der Waals surface area contributed by atoms with Crippen molar-refractivity contribution in [2.45, 2.75) is 13.2 Å². The standard InChI is InChI=1S/C37H33O5P/c1-38-43(34-22-20-30-16-8-10-18-32(30)36(34)41-26-39-24-28-12-4-2-5-13-28)35-23-21-31-17-9-11-19-33(31)37(35)42-27-40-25-29-14-6-3-7-15-29/h2-23H,24-27H2,1H3. The Morgan fingerprint density at radius 1 is 0.465 bits per heavy atom. The van der Waals surface area contributed by atoms with Crippen molar-refractivity contribution in [1.29, 1.82) is 0 Å². The minimum atomic E-state index is -1.33. The van der Waals surface area contributed by atoms with Crippen molar-refractivity contribution in [2.75, 3.05) is 20.7 Å².